The molecule has 1 heterocycles. The summed E-state index contributed by atoms with van der Waals surface area (Å²) >= 11 is 6.04. The molecule has 0 bridgehead atoms. The minimum atomic E-state index is -0.486. The molecule has 1 unspecified atom stereocenters. The standard InChI is InChI=1S/C24H25ClN2O4/c1-15-20(24(29)31-14-13-30-3)16(2)26-21(15)23(28)27-22(17-7-5-4-6-8-17)18-9-11-19(25)12-10-18/h4-12,22,26H,13-14H2,1-3H3,(H,27,28). The highest BCUT2D eigenvalue weighted by molar-refractivity contribution is 6.30. The first-order valence-electron chi connectivity index (χ1n) is 9.89. The van der Waals surface area contributed by atoms with E-state index in [2.05, 4.69) is 10.3 Å². The number of aromatic amines is 1. The van der Waals surface area contributed by atoms with Crippen molar-refractivity contribution in [2.75, 3.05) is 20.3 Å². The van der Waals surface area contributed by atoms with E-state index in [1.165, 1.54) is 7.11 Å². The van der Waals surface area contributed by atoms with Gasteiger partial charge >= 0.3 is 5.97 Å². The Morgan fingerprint density at radius 2 is 1.65 bits per heavy atom. The minimum Gasteiger partial charge on any atom is -0.460 e. The molecule has 0 aliphatic carbocycles. The van der Waals surface area contributed by atoms with Crippen molar-refractivity contribution in [1.29, 1.82) is 0 Å². The number of methoxy groups -OCH3 is 1. The fraction of sp³-hybridized carbons (Fsp3) is 0.250. The number of hydrogen-bond donors (Lipinski definition) is 2. The van der Waals surface area contributed by atoms with Crippen molar-refractivity contribution in [2.24, 2.45) is 0 Å². The summed E-state index contributed by atoms with van der Waals surface area (Å²) in [6.45, 7) is 3.92. The summed E-state index contributed by atoms with van der Waals surface area (Å²) in [6.07, 6.45) is 0. The van der Waals surface area contributed by atoms with Crippen LogP contribution in [0.4, 0.5) is 0 Å². The maximum atomic E-state index is 13.2. The summed E-state index contributed by atoms with van der Waals surface area (Å²) in [5, 5.41) is 3.69. The zero-order valence-corrected chi connectivity index (χ0v) is 18.5. The normalized spacial score (nSPS) is 11.7. The Morgan fingerprint density at radius 1 is 1.00 bits per heavy atom. The molecule has 0 aliphatic rings. The number of benzene rings is 2. The minimum absolute atomic E-state index is 0.146. The van der Waals surface area contributed by atoms with Crippen LogP contribution in [0, 0.1) is 13.8 Å². The monoisotopic (exact) mass is 440 g/mol. The van der Waals surface area contributed by atoms with Crippen LogP contribution in [0.5, 0.6) is 0 Å². The zero-order valence-electron chi connectivity index (χ0n) is 17.7. The molecule has 0 radical (unpaired) electrons. The number of nitrogens with one attached hydrogen (secondary N) is 2. The molecule has 6 nitrogen and oxygen atoms in total. The Hall–Kier alpha value is -3.09. The van der Waals surface area contributed by atoms with E-state index in [1.807, 2.05) is 42.5 Å². The van der Waals surface area contributed by atoms with Crippen LogP contribution in [-0.4, -0.2) is 37.2 Å². The molecule has 2 N–H and O–H groups in total. The van der Waals surface area contributed by atoms with E-state index in [1.54, 1.807) is 26.0 Å². The third-order valence-corrected chi connectivity index (χ3v) is 5.25. The first kappa shape index (κ1) is 22.6. The molecular formula is C24H25ClN2O4. The van der Waals surface area contributed by atoms with Gasteiger partial charge in [0, 0.05) is 17.8 Å². The molecule has 1 atom stereocenters. The molecule has 0 fully saturated rings. The van der Waals surface area contributed by atoms with Crippen LogP contribution in [-0.2, 0) is 9.47 Å². The third kappa shape index (κ3) is 5.34. The van der Waals surface area contributed by atoms with Crippen LogP contribution in [0.2, 0.25) is 5.02 Å². The van der Waals surface area contributed by atoms with Crippen LogP contribution in [0.3, 0.4) is 0 Å². The highest BCUT2D eigenvalue weighted by Crippen LogP contribution is 2.25. The molecule has 3 rings (SSSR count). The van der Waals surface area contributed by atoms with E-state index in [9.17, 15) is 9.59 Å². The van der Waals surface area contributed by atoms with Crippen molar-refractivity contribution in [2.45, 2.75) is 19.9 Å². The third-order valence-electron chi connectivity index (χ3n) is 5.00. The van der Waals surface area contributed by atoms with Gasteiger partial charge in [-0.2, -0.15) is 0 Å². The highest BCUT2D eigenvalue weighted by Gasteiger charge is 2.25. The van der Waals surface area contributed by atoms with Crippen molar-refractivity contribution in [1.82, 2.24) is 10.3 Å². The predicted molar refractivity (Wildman–Crippen MR) is 120 cm³/mol. The fourth-order valence-corrected chi connectivity index (χ4v) is 3.56. The predicted octanol–water partition coefficient (Wildman–Crippen LogP) is 4.61. The van der Waals surface area contributed by atoms with Crippen molar-refractivity contribution in [3.63, 3.8) is 0 Å². The van der Waals surface area contributed by atoms with Gasteiger partial charge in [0.05, 0.1) is 18.2 Å². The molecular weight excluding hydrogens is 416 g/mol. The topological polar surface area (TPSA) is 80.4 Å². The molecule has 1 aromatic heterocycles. The summed E-state index contributed by atoms with van der Waals surface area (Å²) in [5.41, 5.74) is 3.63. The second-order valence-corrected chi connectivity index (χ2v) is 7.56. The molecule has 0 saturated carbocycles. The summed E-state index contributed by atoms with van der Waals surface area (Å²) in [5.74, 6) is -0.806. The van der Waals surface area contributed by atoms with Crippen LogP contribution < -0.4 is 5.32 Å². The average molecular weight is 441 g/mol. The molecule has 1 amide bonds. The number of esters is 1. The van der Waals surface area contributed by atoms with Gasteiger partial charge in [0.15, 0.2) is 0 Å². The van der Waals surface area contributed by atoms with Crippen molar-refractivity contribution < 1.29 is 19.1 Å². The zero-order chi connectivity index (χ0) is 22.4. The van der Waals surface area contributed by atoms with Crippen LogP contribution in [0.25, 0.3) is 0 Å². The first-order valence-corrected chi connectivity index (χ1v) is 10.3. The Balaban J connectivity index is 1.88. The summed E-state index contributed by atoms with van der Waals surface area (Å²) < 4.78 is 10.1. The Bertz CT molecular complexity index is 1050. The summed E-state index contributed by atoms with van der Waals surface area (Å²) in [6, 6.07) is 16.6. The number of halogens is 1. The van der Waals surface area contributed by atoms with Gasteiger partial charge in [0.25, 0.3) is 5.91 Å². The average Bonchev–Trinajstić information content (AvgIpc) is 3.07. The molecule has 3 aromatic rings. The molecule has 7 heteroatoms. The van der Waals surface area contributed by atoms with Gasteiger partial charge in [-0.25, -0.2) is 4.79 Å². The van der Waals surface area contributed by atoms with Gasteiger partial charge < -0.3 is 19.8 Å². The second-order valence-electron chi connectivity index (χ2n) is 7.12. The first-order chi connectivity index (χ1) is 14.9. The maximum Gasteiger partial charge on any atom is 0.340 e. The van der Waals surface area contributed by atoms with Crippen LogP contribution >= 0.6 is 11.6 Å². The number of hydrogen-bond acceptors (Lipinski definition) is 4. The lowest BCUT2D eigenvalue weighted by Gasteiger charge is -2.20. The van der Waals surface area contributed by atoms with Gasteiger partial charge in [-0.05, 0) is 42.7 Å². The van der Waals surface area contributed by atoms with Crippen LogP contribution in [0.1, 0.15) is 49.3 Å². The van der Waals surface area contributed by atoms with Gasteiger partial charge in [-0.3, -0.25) is 4.79 Å². The lowest BCUT2D eigenvalue weighted by molar-refractivity contribution is 0.0387. The van der Waals surface area contributed by atoms with Crippen LogP contribution in [0.15, 0.2) is 54.6 Å². The van der Waals surface area contributed by atoms with Crippen molar-refractivity contribution in [3.05, 3.63) is 93.3 Å². The number of amides is 1. The molecule has 162 valence electrons. The van der Waals surface area contributed by atoms with E-state index >= 15 is 0 Å². The second kappa shape index (κ2) is 10.3. The smallest absolute Gasteiger partial charge is 0.340 e. The van der Waals surface area contributed by atoms with Gasteiger partial charge in [0.1, 0.15) is 12.3 Å². The SMILES string of the molecule is COCCOC(=O)c1c(C)[nH]c(C(=O)NC(c2ccccc2)c2ccc(Cl)cc2)c1C. The number of H-pyrrole nitrogens is 1. The summed E-state index contributed by atoms with van der Waals surface area (Å²) in [7, 11) is 1.53. The molecule has 0 saturated heterocycles. The van der Waals surface area contributed by atoms with E-state index in [0.717, 1.165) is 11.1 Å². The Labute approximate surface area is 186 Å². The quantitative estimate of drug-likeness (QED) is 0.396. The largest absolute Gasteiger partial charge is 0.460 e. The Morgan fingerprint density at radius 3 is 2.29 bits per heavy atom. The van der Waals surface area contributed by atoms with Gasteiger partial charge in [0.2, 0.25) is 0 Å². The summed E-state index contributed by atoms with van der Waals surface area (Å²) in [4.78, 5) is 28.7. The lowest BCUT2D eigenvalue weighted by Crippen LogP contribution is -2.30. The molecule has 31 heavy (non-hydrogen) atoms. The van der Waals surface area contributed by atoms with Gasteiger partial charge in [-0.1, -0.05) is 54.1 Å². The van der Waals surface area contributed by atoms with E-state index in [0.29, 0.717) is 34.1 Å². The number of aryl methyl sites for hydroxylation is 1. The Kier molecular flexibility index (Phi) is 7.50. The van der Waals surface area contributed by atoms with Gasteiger partial charge in [-0.15, -0.1) is 0 Å². The maximum absolute atomic E-state index is 13.2. The number of carbonyl (C=O) groups excluding carboxylic acids is 2. The number of carbonyl (C=O) groups is 2. The fourth-order valence-electron chi connectivity index (χ4n) is 3.44. The van der Waals surface area contributed by atoms with Crippen molar-refractivity contribution >= 4 is 23.5 Å². The number of rotatable bonds is 8. The number of aromatic nitrogens is 1. The molecule has 0 aliphatic heterocycles. The van der Waals surface area contributed by atoms with E-state index in [4.69, 9.17) is 21.1 Å². The number of ether oxygens (including phenoxy) is 2. The van der Waals surface area contributed by atoms with E-state index < -0.39 is 5.97 Å². The lowest BCUT2D eigenvalue weighted by atomic mass is 9.98. The highest BCUT2D eigenvalue weighted by atomic mass is 35.5. The molecule has 2 aromatic carbocycles. The van der Waals surface area contributed by atoms with Crippen molar-refractivity contribution in [3.8, 4) is 0 Å². The van der Waals surface area contributed by atoms with E-state index in [-0.39, 0.29) is 18.6 Å². The molecule has 0 spiro atoms.